The zero-order valence-corrected chi connectivity index (χ0v) is 12.7. The zero-order chi connectivity index (χ0) is 13.3. The van der Waals surface area contributed by atoms with Gasteiger partial charge in [-0.3, -0.25) is 0 Å². The van der Waals surface area contributed by atoms with Crippen LogP contribution >= 0.6 is 50.7 Å². The molecule has 0 amide bonds. The molecule has 0 aliphatic rings. The Balaban J connectivity index is 2.40. The van der Waals surface area contributed by atoms with Crippen LogP contribution in [0.15, 0.2) is 34.8 Å². The lowest BCUT2D eigenvalue weighted by Gasteiger charge is -2.11. The zero-order valence-electron chi connectivity index (χ0n) is 8.88. The molecule has 0 saturated carbocycles. The number of nitrogens with two attached hydrogens (primary N) is 1. The van der Waals surface area contributed by atoms with Gasteiger partial charge in [-0.25, -0.2) is 0 Å². The smallest absolute Gasteiger partial charge is 0.151 e. The number of ether oxygens (including phenoxy) is 1. The lowest BCUT2D eigenvalue weighted by atomic mass is 10.3. The number of hydrogen-bond donors (Lipinski definition) is 1. The van der Waals surface area contributed by atoms with Crippen molar-refractivity contribution in [2.45, 2.75) is 0 Å². The van der Waals surface area contributed by atoms with E-state index in [1.54, 1.807) is 18.2 Å². The molecule has 2 aromatic carbocycles. The van der Waals surface area contributed by atoms with E-state index in [1.165, 1.54) is 6.07 Å². The van der Waals surface area contributed by atoms with Gasteiger partial charge in [0.25, 0.3) is 0 Å². The van der Waals surface area contributed by atoms with Gasteiger partial charge in [-0.2, -0.15) is 0 Å². The summed E-state index contributed by atoms with van der Waals surface area (Å²) in [6.07, 6.45) is 0. The van der Waals surface area contributed by atoms with Gasteiger partial charge in [0, 0.05) is 10.5 Å². The number of nitrogen functional groups attached to an aromatic ring is 1. The fourth-order valence-electron chi connectivity index (χ4n) is 1.30. The van der Waals surface area contributed by atoms with Crippen molar-refractivity contribution in [3.63, 3.8) is 0 Å². The molecule has 2 rings (SSSR count). The number of hydrogen-bond acceptors (Lipinski definition) is 2. The lowest BCUT2D eigenvalue weighted by molar-refractivity contribution is 0.485. The quantitative estimate of drug-likeness (QED) is 0.539. The SMILES string of the molecule is Nc1ccc(Br)cc1Oc1cc(Cl)c(Cl)cc1Cl. The van der Waals surface area contributed by atoms with Crippen LogP contribution in [-0.2, 0) is 0 Å². The van der Waals surface area contributed by atoms with Crippen molar-refractivity contribution in [2.75, 3.05) is 5.73 Å². The monoisotopic (exact) mass is 365 g/mol. The highest BCUT2D eigenvalue weighted by molar-refractivity contribution is 9.10. The van der Waals surface area contributed by atoms with E-state index < -0.39 is 0 Å². The molecule has 94 valence electrons. The Morgan fingerprint density at radius 3 is 2.28 bits per heavy atom. The van der Waals surface area contributed by atoms with E-state index in [0.29, 0.717) is 32.3 Å². The van der Waals surface area contributed by atoms with Gasteiger partial charge < -0.3 is 10.5 Å². The standard InChI is InChI=1S/C12H7BrCl3NO/c13-6-1-2-10(17)12(3-6)18-11-5-8(15)7(14)4-9(11)16/h1-5H,17H2. The second kappa shape index (κ2) is 5.57. The first-order valence-corrected chi connectivity index (χ1v) is 6.77. The highest BCUT2D eigenvalue weighted by atomic mass is 79.9. The molecule has 0 aromatic heterocycles. The van der Waals surface area contributed by atoms with E-state index in [1.807, 2.05) is 6.07 Å². The van der Waals surface area contributed by atoms with Gasteiger partial charge in [0.1, 0.15) is 5.75 Å². The summed E-state index contributed by atoms with van der Waals surface area (Å²) in [5, 5.41) is 1.10. The number of anilines is 1. The molecule has 0 heterocycles. The molecule has 0 spiro atoms. The van der Waals surface area contributed by atoms with Crippen LogP contribution in [0, 0.1) is 0 Å². The predicted molar refractivity (Wildman–Crippen MR) is 80.1 cm³/mol. The largest absolute Gasteiger partial charge is 0.454 e. The van der Waals surface area contributed by atoms with E-state index in [-0.39, 0.29) is 0 Å². The summed E-state index contributed by atoms with van der Waals surface area (Å²) in [6.45, 7) is 0. The van der Waals surface area contributed by atoms with Gasteiger partial charge in [0.15, 0.2) is 5.75 Å². The minimum Gasteiger partial charge on any atom is -0.454 e. The van der Waals surface area contributed by atoms with Gasteiger partial charge in [0.2, 0.25) is 0 Å². The van der Waals surface area contributed by atoms with Gasteiger partial charge in [-0.05, 0) is 24.3 Å². The molecular formula is C12H7BrCl3NO. The topological polar surface area (TPSA) is 35.2 Å². The van der Waals surface area contributed by atoms with Crippen LogP contribution in [0.1, 0.15) is 0 Å². The third-order valence-electron chi connectivity index (χ3n) is 2.17. The normalized spacial score (nSPS) is 10.4. The van der Waals surface area contributed by atoms with Crippen LogP contribution < -0.4 is 10.5 Å². The maximum atomic E-state index is 6.02. The molecule has 0 atom stereocenters. The Bertz CT molecular complexity index is 604. The van der Waals surface area contributed by atoms with Crippen molar-refractivity contribution < 1.29 is 4.74 Å². The average Bonchev–Trinajstić information content (AvgIpc) is 2.30. The Kier molecular flexibility index (Phi) is 4.28. The number of halogens is 4. The van der Waals surface area contributed by atoms with E-state index in [9.17, 15) is 0 Å². The summed E-state index contributed by atoms with van der Waals surface area (Å²) >= 11 is 21.1. The molecule has 0 aliphatic carbocycles. The first-order valence-electron chi connectivity index (χ1n) is 4.85. The van der Waals surface area contributed by atoms with Crippen LogP contribution in [0.5, 0.6) is 11.5 Å². The molecule has 2 aromatic rings. The Hall–Kier alpha value is -0.610. The van der Waals surface area contributed by atoms with E-state index in [2.05, 4.69) is 15.9 Å². The van der Waals surface area contributed by atoms with Crippen molar-refractivity contribution in [3.8, 4) is 11.5 Å². The molecule has 0 bridgehead atoms. The number of benzene rings is 2. The lowest BCUT2D eigenvalue weighted by Crippen LogP contribution is -1.92. The van der Waals surface area contributed by atoms with Crippen molar-refractivity contribution in [1.82, 2.24) is 0 Å². The molecule has 6 heteroatoms. The van der Waals surface area contributed by atoms with Crippen molar-refractivity contribution in [2.24, 2.45) is 0 Å². The molecule has 2 N–H and O–H groups in total. The van der Waals surface area contributed by atoms with Gasteiger partial charge in [0.05, 0.1) is 20.8 Å². The highest BCUT2D eigenvalue weighted by Crippen LogP contribution is 2.38. The van der Waals surface area contributed by atoms with Crippen molar-refractivity contribution >= 4 is 56.4 Å². The van der Waals surface area contributed by atoms with Crippen molar-refractivity contribution in [1.29, 1.82) is 0 Å². The Labute approximate surface area is 128 Å². The molecule has 2 nitrogen and oxygen atoms in total. The first-order chi connectivity index (χ1) is 8.47. The van der Waals surface area contributed by atoms with Crippen LogP contribution in [0.25, 0.3) is 0 Å². The third-order valence-corrected chi connectivity index (χ3v) is 3.68. The summed E-state index contributed by atoms with van der Waals surface area (Å²) in [6, 6.07) is 8.36. The number of rotatable bonds is 2. The predicted octanol–water partition coefficient (Wildman–Crippen LogP) is 5.78. The average molecular weight is 367 g/mol. The van der Waals surface area contributed by atoms with E-state index >= 15 is 0 Å². The summed E-state index contributed by atoms with van der Waals surface area (Å²) in [5.74, 6) is 0.889. The Morgan fingerprint density at radius 1 is 0.889 bits per heavy atom. The summed E-state index contributed by atoms with van der Waals surface area (Å²) in [7, 11) is 0. The maximum Gasteiger partial charge on any atom is 0.151 e. The fourth-order valence-corrected chi connectivity index (χ4v) is 2.21. The first kappa shape index (κ1) is 13.8. The van der Waals surface area contributed by atoms with Gasteiger partial charge in [-0.1, -0.05) is 50.7 Å². The molecular weight excluding hydrogens is 360 g/mol. The maximum absolute atomic E-state index is 6.02. The Morgan fingerprint density at radius 2 is 1.56 bits per heavy atom. The molecule has 0 aliphatic heterocycles. The van der Waals surface area contributed by atoms with Crippen LogP contribution in [0.4, 0.5) is 5.69 Å². The molecule has 0 fully saturated rings. The second-order valence-electron chi connectivity index (χ2n) is 3.48. The molecule has 0 radical (unpaired) electrons. The fraction of sp³-hybridized carbons (Fsp3) is 0. The minimum absolute atomic E-state index is 0.365. The molecule has 0 unspecified atom stereocenters. The highest BCUT2D eigenvalue weighted by Gasteiger charge is 2.10. The summed E-state index contributed by atoms with van der Waals surface area (Å²) < 4.78 is 6.48. The second-order valence-corrected chi connectivity index (χ2v) is 5.62. The summed E-state index contributed by atoms with van der Waals surface area (Å²) in [5.41, 5.74) is 6.31. The minimum atomic E-state index is 0.365. The third kappa shape index (κ3) is 3.04. The van der Waals surface area contributed by atoms with Crippen LogP contribution in [0.3, 0.4) is 0 Å². The van der Waals surface area contributed by atoms with E-state index in [0.717, 1.165) is 4.47 Å². The van der Waals surface area contributed by atoms with E-state index in [4.69, 9.17) is 45.3 Å². The van der Waals surface area contributed by atoms with Crippen LogP contribution in [0.2, 0.25) is 15.1 Å². The summed E-state index contributed by atoms with van der Waals surface area (Å²) in [4.78, 5) is 0. The van der Waals surface area contributed by atoms with Gasteiger partial charge in [-0.15, -0.1) is 0 Å². The van der Waals surface area contributed by atoms with Crippen LogP contribution in [-0.4, -0.2) is 0 Å². The van der Waals surface area contributed by atoms with Gasteiger partial charge >= 0.3 is 0 Å². The molecule has 0 saturated heterocycles. The molecule has 18 heavy (non-hydrogen) atoms. The van der Waals surface area contributed by atoms with Crippen molar-refractivity contribution in [3.05, 3.63) is 49.9 Å².